The van der Waals surface area contributed by atoms with Gasteiger partial charge >= 0.3 is 7.12 Å². The number of hydrogen-bond donors (Lipinski definition) is 1. The van der Waals surface area contributed by atoms with Crippen LogP contribution in [0.1, 0.15) is 33.3 Å². The van der Waals surface area contributed by atoms with Gasteiger partial charge in [-0.1, -0.05) is 11.6 Å². The molecule has 1 saturated heterocycles. The van der Waals surface area contributed by atoms with Crippen LogP contribution in [0.5, 0.6) is 0 Å². The fourth-order valence-electron chi connectivity index (χ4n) is 2.06. The number of nitrogens with two attached hydrogens (primary N) is 1. The van der Waals surface area contributed by atoms with Crippen molar-refractivity contribution in [1.29, 1.82) is 0 Å². The van der Waals surface area contributed by atoms with E-state index in [-0.39, 0.29) is 11.2 Å². The minimum atomic E-state index is -0.424. The summed E-state index contributed by atoms with van der Waals surface area (Å²) in [5, 5.41) is 0.470. The average Bonchev–Trinajstić information content (AvgIpc) is 2.51. The Hall–Kier alpha value is -0.615. The molecule has 1 aromatic rings. The van der Waals surface area contributed by atoms with Crippen molar-refractivity contribution in [3.8, 4) is 0 Å². The van der Waals surface area contributed by atoms with E-state index in [4.69, 9.17) is 26.6 Å². The summed E-state index contributed by atoms with van der Waals surface area (Å²) in [6, 6.07) is 1.89. The van der Waals surface area contributed by atoms with Gasteiger partial charge in [0.15, 0.2) is 0 Å². The number of nitrogens with zero attached hydrogens (tertiary/aromatic N) is 1. The summed E-state index contributed by atoms with van der Waals surface area (Å²) in [5.74, 6) is 0. The Morgan fingerprint density at radius 2 is 1.84 bits per heavy atom. The average molecular weight is 283 g/mol. The first-order valence-corrected chi connectivity index (χ1v) is 6.85. The summed E-state index contributed by atoms with van der Waals surface area (Å²) in [7, 11) is -0.424. The van der Waals surface area contributed by atoms with Crippen LogP contribution in [0.3, 0.4) is 0 Å². The van der Waals surface area contributed by atoms with Gasteiger partial charge in [-0.25, -0.2) is 4.98 Å². The lowest BCUT2D eigenvalue weighted by Gasteiger charge is -2.32. The van der Waals surface area contributed by atoms with E-state index in [0.717, 1.165) is 11.0 Å². The van der Waals surface area contributed by atoms with E-state index in [1.807, 2.05) is 33.8 Å². The van der Waals surface area contributed by atoms with Crippen LogP contribution >= 0.6 is 11.6 Å². The Balaban J connectivity index is 2.37. The highest BCUT2D eigenvalue weighted by molar-refractivity contribution is 6.63. The second kappa shape index (κ2) is 5.06. The predicted molar refractivity (Wildman–Crippen MR) is 77.7 cm³/mol. The highest BCUT2D eigenvalue weighted by Gasteiger charge is 2.52. The molecule has 0 saturated carbocycles. The summed E-state index contributed by atoms with van der Waals surface area (Å²) < 4.78 is 12.1. The second-order valence-electron chi connectivity index (χ2n) is 5.80. The molecule has 0 atom stereocenters. The minimum absolute atomic E-state index is 0.368. The maximum Gasteiger partial charge on any atom is 0.495 e. The molecule has 2 heterocycles. The molecule has 0 aliphatic carbocycles. The molecular weight excluding hydrogens is 262 g/mol. The van der Waals surface area contributed by atoms with E-state index in [2.05, 4.69) is 4.98 Å². The topological polar surface area (TPSA) is 57.4 Å². The lowest BCUT2D eigenvalue weighted by molar-refractivity contribution is 0.00578. The third-order valence-corrected chi connectivity index (χ3v) is 4.27. The Morgan fingerprint density at radius 3 is 2.37 bits per heavy atom. The summed E-state index contributed by atoms with van der Waals surface area (Å²) in [6.45, 7) is 8.62. The molecule has 0 aromatic carbocycles. The predicted octanol–water partition coefficient (Wildman–Crippen LogP) is 1.54. The van der Waals surface area contributed by atoms with Crippen molar-refractivity contribution in [3.63, 3.8) is 0 Å². The van der Waals surface area contributed by atoms with Crippen LogP contribution in [0.4, 0.5) is 0 Å². The van der Waals surface area contributed by atoms with Gasteiger partial charge in [-0.3, -0.25) is 0 Å². The molecule has 1 aromatic heterocycles. The highest BCUT2D eigenvalue weighted by atomic mass is 35.5. The van der Waals surface area contributed by atoms with Crippen LogP contribution in [0.15, 0.2) is 12.3 Å². The molecule has 2 N–H and O–H groups in total. The van der Waals surface area contributed by atoms with Crippen LogP contribution in [0.25, 0.3) is 0 Å². The molecule has 1 fully saturated rings. The van der Waals surface area contributed by atoms with Crippen molar-refractivity contribution in [3.05, 3.63) is 23.0 Å². The van der Waals surface area contributed by atoms with Gasteiger partial charge in [-0.15, -0.1) is 0 Å². The molecule has 1 aliphatic heterocycles. The molecule has 2 rings (SSSR count). The third kappa shape index (κ3) is 2.65. The van der Waals surface area contributed by atoms with E-state index < -0.39 is 7.12 Å². The van der Waals surface area contributed by atoms with E-state index in [9.17, 15) is 0 Å². The van der Waals surface area contributed by atoms with Gasteiger partial charge in [0.2, 0.25) is 0 Å². The van der Waals surface area contributed by atoms with Crippen molar-refractivity contribution < 1.29 is 9.31 Å². The van der Waals surface area contributed by atoms with Crippen LogP contribution < -0.4 is 11.2 Å². The normalized spacial score (nSPS) is 20.8. The van der Waals surface area contributed by atoms with E-state index >= 15 is 0 Å². The van der Waals surface area contributed by atoms with Crippen LogP contribution in [0, 0.1) is 0 Å². The second-order valence-corrected chi connectivity index (χ2v) is 6.15. The molecule has 0 unspecified atom stereocenters. The van der Waals surface area contributed by atoms with Crippen LogP contribution in [-0.4, -0.2) is 29.8 Å². The Morgan fingerprint density at radius 1 is 1.26 bits per heavy atom. The molecule has 0 spiro atoms. The Labute approximate surface area is 119 Å². The Kier molecular flexibility index (Phi) is 3.93. The number of aromatic nitrogens is 1. The summed E-state index contributed by atoms with van der Waals surface area (Å²) in [6.07, 6.45) is 2.33. The van der Waals surface area contributed by atoms with Gasteiger partial charge in [0.05, 0.1) is 11.2 Å². The zero-order chi connectivity index (χ0) is 14.3. The molecule has 1 aliphatic rings. The van der Waals surface area contributed by atoms with Gasteiger partial charge in [0, 0.05) is 6.20 Å². The molecule has 4 nitrogen and oxygen atoms in total. The molecular formula is C13H20BClN2O2. The van der Waals surface area contributed by atoms with Gasteiger partial charge in [0.1, 0.15) is 5.15 Å². The first-order valence-electron chi connectivity index (χ1n) is 6.47. The maximum absolute atomic E-state index is 6.15. The fraction of sp³-hybridized carbons (Fsp3) is 0.615. The third-order valence-electron chi connectivity index (χ3n) is 3.94. The van der Waals surface area contributed by atoms with Gasteiger partial charge in [-0.05, 0) is 57.8 Å². The number of rotatable bonds is 3. The molecule has 0 radical (unpaired) electrons. The molecule has 19 heavy (non-hydrogen) atoms. The first-order chi connectivity index (χ1) is 8.78. The molecule has 6 heteroatoms. The summed E-state index contributed by atoms with van der Waals surface area (Å²) in [4.78, 5) is 4.10. The van der Waals surface area contributed by atoms with E-state index in [1.165, 1.54) is 0 Å². The van der Waals surface area contributed by atoms with E-state index in [1.54, 1.807) is 6.20 Å². The van der Waals surface area contributed by atoms with Crippen molar-refractivity contribution in [1.82, 2.24) is 4.98 Å². The number of halogens is 1. The zero-order valence-electron chi connectivity index (χ0n) is 11.9. The summed E-state index contributed by atoms with van der Waals surface area (Å²) >= 11 is 6.15. The minimum Gasteiger partial charge on any atom is -0.399 e. The van der Waals surface area contributed by atoms with Crippen molar-refractivity contribution in [2.75, 3.05) is 6.54 Å². The van der Waals surface area contributed by atoms with E-state index in [0.29, 0.717) is 18.1 Å². The largest absolute Gasteiger partial charge is 0.495 e. The van der Waals surface area contributed by atoms with Crippen molar-refractivity contribution >= 4 is 24.2 Å². The van der Waals surface area contributed by atoms with Gasteiger partial charge < -0.3 is 15.0 Å². The monoisotopic (exact) mass is 282 g/mol. The number of hydrogen-bond acceptors (Lipinski definition) is 4. The standard InChI is InChI=1S/C13H20BClN2O2/c1-12(2)13(3,4)19-14(18-12)10-6-8-17-11(15)9(10)5-7-16/h6,8H,5,7,16H2,1-4H3. The lowest BCUT2D eigenvalue weighted by atomic mass is 9.76. The van der Waals surface area contributed by atoms with Crippen LogP contribution in [-0.2, 0) is 15.7 Å². The molecule has 0 bridgehead atoms. The maximum atomic E-state index is 6.15. The summed E-state index contributed by atoms with van der Waals surface area (Å²) in [5.41, 5.74) is 6.73. The van der Waals surface area contributed by atoms with Gasteiger partial charge in [0.25, 0.3) is 0 Å². The van der Waals surface area contributed by atoms with Crippen molar-refractivity contribution in [2.24, 2.45) is 5.73 Å². The highest BCUT2D eigenvalue weighted by Crippen LogP contribution is 2.36. The SMILES string of the molecule is CC1(C)OB(c2ccnc(Cl)c2CCN)OC1(C)C. The lowest BCUT2D eigenvalue weighted by Crippen LogP contribution is -2.41. The first kappa shape index (κ1) is 14.8. The van der Waals surface area contributed by atoms with Gasteiger partial charge in [-0.2, -0.15) is 0 Å². The molecule has 0 amide bonds. The van der Waals surface area contributed by atoms with Crippen molar-refractivity contribution in [2.45, 2.75) is 45.3 Å². The smallest absolute Gasteiger partial charge is 0.399 e. The molecule has 104 valence electrons. The fourth-order valence-corrected chi connectivity index (χ4v) is 2.32. The quantitative estimate of drug-likeness (QED) is 0.675. The Bertz CT molecular complexity index is 464. The van der Waals surface area contributed by atoms with Crippen LogP contribution in [0.2, 0.25) is 5.15 Å². The zero-order valence-corrected chi connectivity index (χ0v) is 12.6. The number of pyridine rings is 1.